The maximum absolute atomic E-state index is 11.0. The molecule has 0 bridgehead atoms. The first-order valence-corrected chi connectivity index (χ1v) is 5.71. The minimum atomic E-state index is -0.741. The Morgan fingerprint density at radius 3 is 2.57 bits per heavy atom. The predicted molar refractivity (Wildman–Crippen MR) is 62.7 cm³/mol. The van der Waals surface area contributed by atoms with Crippen LogP contribution in [0.5, 0.6) is 0 Å². The second-order valence-corrected chi connectivity index (χ2v) is 5.09. The van der Waals surface area contributed by atoms with Gasteiger partial charge in [-0.05, 0) is 53.1 Å². The van der Waals surface area contributed by atoms with E-state index in [1.807, 2.05) is 12.1 Å². The third kappa shape index (κ3) is 1.52. The first-order chi connectivity index (χ1) is 6.56. The minimum absolute atomic E-state index is 0.635. The van der Waals surface area contributed by atoms with Crippen molar-refractivity contribution in [2.75, 3.05) is 0 Å². The topological polar surface area (TPSA) is 37.3 Å². The number of carbonyl (C=O) groups is 1. The zero-order valence-corrected chi connectivity index (χ0v) is 10.2. The van der Waals surface area contributed by atoms with Crippen LogP contribution in [-0.2, 0) is 10.2 Å². The van der Waals surface area contributed by atoms with E-state index in [9.17, 15) is 4.79 Å². The molecule has 1 aromatic rings. The Hall–Kier alpha value is -0.290. The molecule has 4 heteroatoms. The van der Waals surface area contributed by atoms with E-state index in [4.69, 9.17) is 16.7 Å². The van der Waals surface area contributed by atoms with E-state index in [-0.39, 0.29) is 0 Å². The first-order valence-electron chi connectivity index (χ1n) is 4.25. The van der Waals surface area contributed by atoms with Crippen molar-refractivity contribution in [3.05, 3.63) is 32.4 Å². The number of rotatable bonds is 2. The van der Waals surface area contributed by atoms with Gasteiger partial charge in [0.15, 0.2) is 0 Å². The van der Waals surface area contributed by atoms with Gasteiger partial charge in [0.05, 0.1) is 10.4 Å². The van der Waals surface area contributed by atoms with Crippen molar-refractivity contribution in [1.29, 1.82) is 0 Å². The van der Waals surface area contributed by atoms with Gasteiger partial charge in [0.25, 0.3) is 0 Å². The summed E-state index contributed by atoms with van der Waals surface area (Å²) in [5.41, 5.74) is 0.184. The van der Waals surface area contributed by atoms with Gasteiger partial charge in [0.2, 0.25) is 0 Å². The summed E-state index contributed by atoms with van der Waals surface area (Å²) in [5, 5.41) is 9.71. The molecule has 1 N–H and O–H groups in total. The third-order valence-corrected chi connectivity index (χ3v) is 4.20. The molecule has 1 fully saturated rings. The van der Waals surface area contributed by atoms with E-state index in [1.165, 1.54) is 0 Å². The normalized spacial score (nSPS) is 17.9. The molecule has 1 aromatic carbocycles. The van der Waals surface area contributed by atoms with Crippen LogP contribution in [0.25, 0.3) is 0 Å². The highest BCUT2D eigenvalue weighted by Crippen LogP contribution is 2.49. The van der Waals surface area contributed by atoms with Crippen molar-refractivity contribution in [3.8, 4) is 0 Å². The van der Waals surface area contributed by atoms with Crippen molar-refractivity contribution in [3.63, 3.8) is 0 Å². The molecule has 1 saturated carbocycles. The molecule has 0 amide bonds. The molecule has 0 radical (unpaired) electrons. The third-order valence-electron chi connectivity index (χ3n) is 2.63. The summed E-state index contributed by atoms with van der Waals surface area (Å²) >= 11 is 8.08. The van der Waals surface area contributed by atoms with Crippen LogP contribution in [0.3, 0.4) is 0 Å². The zero-order chi connectivity index (χ0) is 10.3. The average molecular weight is 323 g/mol. The van der Waals surface area contributed by atoms with E-state index >= 15 is 0 Å². The Morgan fingerprint density at radius 2 is 2.14 bits per heavy atom. The van der Waals surface area contributed by atoms with E-state index in [0.717, 1.165) is 22.0 Å². The SMILES string of the molecule is O=C(O)C1(c2ccc(I)c(Cl)c2)CC1. The molecule has 0 heterocycles. The summed E-state index contributed by atoms with van der Waals surface area (Å²) in [6, 6.07) is 5.49. The van der Waals surface area contributed by atoms with Gasteiger partial charge in [-0.3, -0.25) is 4.79 Å². The van der Waals surface area contributed by atoms with Gasteiger partial charge in [0, 0.05) is 3.57 Å². The van der Waals surface area contributed by atoms with Gasteiger partial charge >= 0.3 is 5.97 Å². The fourth-order valence-corrected chi connectivity index (χ4v) is 2.06. The van der Waals surface area contributed by atoms with E-state index < -0.39 is 11.4 Å². The van der Waals surface area contributed by atoms with Gasteiger partial charge in [-0.1, -0.05) is 17.7 Å². The Kier molecular flexibility index (Phi) is 2.47. The summed E-state index contributed by atoms with van der Waals surface area (Å²) in [6.45, 7) is 0. The lowest BCUT2D eigenvalue weighted by atomic mass is 9.96. The maximum atomic E-state index is 11.0. The van der Waals surface area contributed by atoms with Crippen molar-refractivity contribution >= 4 is 40.2 Å². The number of halogens is 2. The Bertz CT molecular complexity index is 399. The summed E-state index contributed by atoms with van der Waals surface area (Å²) < 4.78 is 0.953. The van der Waals surface area contributed by atoms with Gasteiger partial charge in [-0.2, -0.15) is 0 Å². The monoisotopic (exact) mass is 322 g/mol. The largest absolute Gasteiger partial charge is 0.481 e. The highest BCUT2D eigenvalue weighted by atomic mass is 127. The fraction of sp³-hybridized carbons (Fsp3) is 0.300. The first kappa shape index (κ1) is 10.2. The predicted octanol–water partition coefficient (Wildman–Crippen LogP) is 3.06. The van der Waals surface area contributed by atoms with Gasteiger partial charge in [-0.25, -0.2) is 0 Å². The smallest absolute Gasteiger partial charge is 0.314 e. The van der Waals surface area contributed by atoms with Crippen molar-refractivity contribution in [2.24, 2.45) is 0 Å². The molecule has 74 valence electrons. The quantitative estimate of drug-likeness (QED) is 0.850. The number of aliphatic carboxylic acids is 1. The summed E-state index contributed by atoms with van der Waals surface area (Å²) in [4.78, 5) is 11.0. The van der Waals surface area contributed by atoms with Gasteiger partial charge in [-0.15, -0.1) is 0 Å². The molecule has 2 rings (SSSR count). The molecular weight excluding hydrogens is 314 g/mol. The highest BCUT2D eigenvalue weighted by molar-refractivity contribution is 14.1. The van der Waals surface area contributed by atoms with Crippen molar-refractivity contribution < 1.29 is 9.90 Å². The van der Waals surface area contributed by atoms with Gasteiger partial charge in [0.1, 0.15) is 0 Å². The molecule has 0 spiro atoms. The average Bonchev–Trinajstić information content (AvgIpc) is 2.90. The lowest BCUT2D eigenvalue weighted by Crippen LogP contribution is -2.19. The summed E-state index contributed by atoms with van der Waals surface area (Å²) in [6.07, 6.45) is 1.44. The molecule has 0 aromatic heterocycles. The number of carboxylic acid groups (broad SMARTS) is 1. The van der Waals surface area contributed by atoms with Crippen molar-refractivity contribution in [2.45, 2.75) is 18.3 Å². The van der Waals surface area contributed by atoms with E-state index in [1.54, 1.807) is 6.07 Å². The van der Waals surface area contributed by atoms with Crippen molar-refractivity contribution in [1.82, 2.24) is 0 Å². The Morgan fingerprint density at radius 1 is 1.50 bits per heavy atom. The lowest BCUT2D eigenvalue weighted by Gasteiger charge is -2.10. The van der Waals surface area contributed by atoms with E-state index in [2.05, 4.69) is 22.6 Å². The van der Waals surface area contributed by atoms with Crippen LogP contribution in [0.2, 0.25) is 5.02 Å². The maximum Gasteiger partial charge on any atom is 0.314 e. The molecular formula is C10H8ClIO2. The van der Waals surface area contributed by atoms with Crippen LogP contribution in [0.15, 0.2) is 18.2 Å². The summed E-state index contributed by atoms with van der Waals surface area (Å²) in [7, 11) is 0. The minimum Gasteiger partial charge on any atom is -0.481 e. The molecule has 1 aliphatic carbocycles. The lowest BCUT2D eigenvalue weighted by molar-refractivity contribution is -0.140. The molecule has 0 unspecified atom stereocenters. The number of carboxylic acids is 1. The fourth-order valence-electron chi connectivity index (χ4n) is 1.54. The molecule has 0 saturated heterocycles. The second-order valence-electron chi connectivity index (χ2n) is 3.52. The Labute approximate surface area is 100 Å². The van der Waals surface area contributed by atoms with E-state index in [0.29, 0.717) is 5.02 Å². The van der Waals surface area contributed by atoms with Crippen LogP contribution in [0.4, 0.5) is 0 Å². The zero-order valence-electron chi connectivity index (χ0n) is 7.26. The number of hydrogen-bond acceptors (Lipinski definition) is 1. The van der Waals surface area contributed by atoms with Gasteiger partial charge < -0.3 is 5.11 Å². The van der Waals surface area contributed by atoms with Crippen LogP contribution in [-0.4, -0.2) is 11.1 Å². The molecule has 2 nitrogen and oxygen atoms in total. The standard InChI is InChI=1S/C10H8ClIO2/c11-7-5-6(1-2-8(7)12)10(3-4-10)9(13)14/h1-2,5H,3-4H2,(H,13,14). The van der Waals surface area contributed by atoms with Crippen LogP contribution in [0.1, 0.15) is 18.4 Å². The molecule has 1 aliphatic rings. The van der Waals surface area contributed by atoms with Crippen LogP contribution in [0, 0.1) is 3.57 Å². The summed E-state index contributed by atoms with van der Waals surface area (Å²) in [5.74, 6) is -0.741. The van der Waals surface area contributed by atoms with Crippen LogP contribution >= 0.6 is 34.2 Å². The van der Waals surface area contributed by atoms with Crippen LogP contribution < -0.4 is 0 Å². The second kappa shape index (κ2) is 3.38. The molecule has 0 atom stereocenters. The number of hydrogen-bond donors (Lipinski definition) is 1. The number of benzene rings is 1. The molecule has 0 aliphatic heterocycles. The highest BCUT2D eigenvalue weighted by Gasteiger charge is 2.51. The molecule has 14 heavy (non-hydrogen) atoms. The Balaban J connectivity index is 2.43.